The summed E-state index contributed by atoms with van der Waals surface area (Å²) in [5.74, 6) is -1.42. The number of amides is 2. The fourth-order valence-electron chi connectivity index (χ4n) is 4.59. The smallest absolute Gasteiger partial charge is 0.224 e. The average Bonchev–Trinajstić information content (AvgIpc) is 2.93. The molecule has 0 aliphatic heterocycles. The van der Waals surface area contributed by atoms with Crippen LogP contribution in [0.5, 0.6) is 0 Å². The molecule has 3 aromatic rings. The summed E-state index contributed by atoms with van der Waals surface area (Å²) in [7, 11) is 0. The second kappa shape index (κ2) is 14.9. The molecule has 0 fully saturated rings. The average molecular weight is 541 g/mol. The van der Waals surface area contributed by atoms with Crippen LogP contribution in [0.1, 0.15) is 68.8 Å². The van der Waals surface area contributed by atoms with Crippen LogP contribution in [0.4, 0.5) is 0 Å². The van der Waals surface area contributed by atoms with E-state index in [9.17, 15) is 19.2 Å². The summed E-state index contributed by atoms with van der Waals surface area (Å²) < 4.78 is 0. The van der Waals surface area contributed by atoms with Gasteiger partial charge in [0.05, 0.1) is 5.92 Å². The van der Waals surface area contributed by atoms with Gasteiger partial charge < -0.3 is 10.6 Å². The van der Waals surface area contributed by atoms with Gasteiger partial charge in [0.1, 0.15) is 5.78 Å². The first kappa shape index (κ1) is 30.5. The van der Waals surface area contributed by atoms with Gasteiger partial charge in [0.15, 0.2) is 5.78 Å². The van der Waals surface area contributed by atoms with Crippen molar-refractivity contribution in [2.75, 3.05) is 6.54 Å². The van der Waals surface area contributed by atoms with Crippen molar-refractivity contribution in [2.45, 2.75) is 64.8 Å². The Bertz CT molecular complexity index is 1280. The molecule has 0 radical (unpaired) electrons. The quantitative estimate of drug-likeness (QED) is 0.195. The van der Waals surface area contributed by atoms with Crippen molar-refractivity contribution in [2.24, 2.45) is 5.92 Å². The molecule has 0 saturated carbocycles. The summed E-state index contributed by atoms with van der Waals surface area (Å²) >= 11 is 0. The van der Waals surface area contributed by atoms with E-state index in [1.807, 2.05) is 106 Å². The predicted octanol–water partition coefficient (Wildman–Crippen LogP) is 5.95. The summed E-state index contributed by atoms with van der Waals surface area (Å²) in [6, 6.07) is 27.0. The molecule has 0 aliphatic rings. The molecule has 6 nitrogen and oxygen atoms in total. The molecule has 3 rings (SSSR count). The Morgan fingerprint density at radius 2 is 1.38 bits per heavy atom. The van der Waals surface area contributed by atoms with Crippen molar-refractivity contribution in [1.82, 2.24) is 10.6 Å². The number of benzene rings is 3. The topological polar surface area (TPSA) is 92.3 Å². The molecule has 6 heteroatoms. The molecular formula is C34H40N2O4. The van der Waals surface area contributed by atoms with Crippen molar-refractivity contribution in [1.29, 1.82) is 0 Å². The summed E-state index contributed by atoms with van der Waals surface area (Å²) in [6.07, 6.45) is 1.56. The number of carbonyl (C=O) groups excluding carboxylic acids is 4. The van der Waals surface area contributed by atoms with E-state index in [1.54, 1.807) is 0 Å². The zero-order chi connectivity index (χ0) is 29.0. The lowest BCUT2D eigenvalue weighted by atomic mass is 9.93. The fraction of sp³-hybridized carbons (Fsp3) is 0.353. The van der Waals surface area contributed by atoms with Crippen LogP contribution in [0, 0.1) is 5.92 Å². The number of aryl methyl sites for hydroxylation is 1. The third-order valence-electron chi connectivity index (χ3n) is 6.52. The first-order valence-corrected chi connectivity index (χ1v) is 13.9. The monoisotopic (exact) mass is 540 g/mol. The molecule has 1 atom stereocenters. The highest BCUT2D eigenvalue weighted by molar-refractivity contribution is 6.02. The van der Waals surface area contributed by atoms with E-state index in [-0.39, 0.29) is 49.2 Å². The van der Waals surface area contributed by atoms with E-state index >= 15 is 0 Å². The van der Waals surface area contributed by atoms with E-state index in [4.69, 9.17) is 0 Å². The Morgan fingerprint density at radius 1 is 0.750 bits per heavy atom. The number of Topliss-reactive ketones (excluding diaryl/α,β-unsaturated/α-hetero) is 2. The Hall–Kier alpha value is -4.06. The second-order valence-corrected chi connectivity index (χ2v) is 11.2. The molecule has 3 aromatic carbocycles. The lowest BCUT2D eigenvalue weighted by Crippen LogP contribution is -2.43. The van der Waals surface area contributed by atoms with Gasteiger partial charge in [-0.15, -0.1) is 0 Å². The molecule has 0 bridgehead atoms. The van der Waals surface area contributed by atoms with E-state index in [2.05, 4.69) is 10.6 Å². The second-order valence-electron chi connectivity index (χ2n) is 11.2. The van der Waals surface area contributed by atoms with Crippen LogP contribution in [0.3, 0.4) is 0 Å². The van der Waals surface area contributed by atoms with E-state index in [0.717, 1.165) is 16.7 Å². The van der Waals surface area contributed by atoms with Gasteiger partial charge in [-0.2, -0.15) is 0 Å². The standard InChI is InChI=1S/C34H40N2O4/c1-34(2,3)36-32(39)24-27(23-28(37)21-20-25-13-6-4-7-14-25)33(40)35-22-12-19-31(38)30-18-11-10-17-29(30)26-15-8-5-9-16-26/h4-11,13-18,27H,12,19-24H2,1-3H3,(H,35,40)(H,36,39)/t27-/m0/s1. The Labute approximate surface area is 237 Å². The number of hydrogen-bond donors (Lipinski definition) is 2. The summed E-state index contributed by atoms with van der Waals surface area (Å²) in [5.41, 5.74) is 3.14. The maximum absolute atomic E-state index is 13.1. The molecule has 0 spiro atoms. The lowest BCUT2D eigenvalue weighted by Gasteiger charge is -2.23. The Kier molecular flexibility index (Phi) is 11.4. The molecule has 2 N–H and O–H groups in total. The first-order chi connectivity index (χ1) is 19.1. The molecule has 0 heterocycles. The zero-order valence-electron chi connectivity index (χ0n) is 23.7. The molecule has 40 heavy (non-hydrogen) atoms. The van der Waals surface area contributed by atoms with Crippen molar-refractivity contribution >= 4 is 23.4 Å². The Morgan fingerprint density at radius 3 is 2.05 bits per heavy atom. The van der Waals surface area contributed by atoms with Gasteiger partial charge in [0.2, 0.25) is 11.8 Å². The molecular weight excluding hydrogens is 500 g/mol. The van der Waals surface area contributed by atoms with E-state index in [0.29, 0.717) is 24.8 Å². The van der Waals surface area contributed by atoms with E-state index in [1.165, 1.54) is 0 Å². The normalized spacial score (nSPS) is 11.9. The molecule has 0 aliphatic carbocycles. The summed E-state index contributed by atoms with van der Waals surface area (Å²) in [5, 5.41) is 5.74. The molecule has 0 unspecified atom stereocenters. The fourth-order valence-corrected chi connectivity index (χ4v) is 4.59. The summed E-state index contributed by atoms with van der Waals surface area (Å²) in [6.45, 7) is 5.90. The molecule has 0 saturated heterocycles. The van der Waals surface area contributed by atoms with Gasteiger partial charge in [-0.05, 0) is 50.3 Å². The van der Waals surface area contributed by atoms with Crippen LogP contribution in [0.25, 0.3) is 11.1 Å². The number of nitrogens with one attached hydrogen (secondary N) is 2. The first-order valence-electron chi connectivity index (χ1n) is 13.9. The molecule has 2 amide bonds. The lowest BCUT2D eigenvalue weighted by molar-refractivity contribution is -0.133. The van der Waals surface area contributed by atoms with Crippen LogP contribution in [-0.4, -0.2) is 35.5 Å². The van der Waals surface area contributed by atoms with Gasteiger partial charge in [0.25, 0.3) is 0 Å². The van der Waals surface area contributed by atoms with Crippen molar-refractivity contribution in [3.05, 3.63) is 96.1 Å². The number of ketones is 2. The Balaban J connectivity index is 1.55. The van der Waals surface area contributed by atoms with Crippen molar-refractivity contribution < 1.29 is 19.2 Å². The largest absolute Gasteiger partial charge is 0.356 e. The maximum atomic E-state index is 13.1. The van der Waals surface area contributed by atoms with Gasteiger partial charge in [-0.25, -0.2) is 0 Å². The van der Waals surface area contributed by atoms with Crippen LogP contribution in [0.2, 0.25) is 0 Å². The minimum Gasteiger partial charge on any atom is -0.356 e. The van der Waals surface area contributed by atoms with Crippen molar-refractivity contribution in [3.63, 3.8) is 0 Å². The highest BCUT2D eigenvalue weighted by Crippen LogP contribution is 2.24. The zero-order valence-corrected chi connectivity index (χ0v) is 23.7. The summed E-state index contributed by atoms with van der Waals surface area (Å²) in [4.78, 5) is 51.5. The molecule has 210 valence electrons. The van der Waals surface area contributed by atoms with Crippen LogP contribution < -0.4 is 10.6 Å². The van der Waals surface area contributed by atoms with Gasteiger partial charge in [-0.1, -0.05) is 84.9 Å². The SMILES string of the molecule is CC(C)(C)NC(=O)C[C@H](CC(=O)CCc1ccccc1)C(=O)NCCCC(=O)c1ccccc1-c1ccccc1. The van der Waals surface area contributed by atoms with Crippen LogP contribution in [0.15, 0.2) is 84.9 Å². The van der Waals surface area contributed by atoms with Gasteiger partial charge in [0, 0.05) is 43.3 Å². The molecule has 0 aromatic heterocycles. The highest BCUT2D eigenvalue weighted by Gasteiger charge is 2.26. The highest BCUT2D eigenvalue weighted by atomic mass is 16.2. The number of hydrogen-bond acceptors (Lipinski definition) is 4. The maximum Gasteiger partial charge on any atom is 0.224 e. The predicted molar refractivity (Wildman–Crippen MR) is 159 cm³/mol. The van der Waals surface area contributed by atoms with Gasteiger partial charge >= 0.3 is 0 Å². The minimum absolute atomic E-state index is 0.000386. The number of carbonyl (C=O) groups is 4. The van der Waals surface area contributed by atoms with Gasteiger partial charge in [-0.3, -0.25) is 19.2 Å². The van der Waals surface area contributed by atoms with Crippen LogP contribution in [-0.2, 0) is 20.8 Å². The number of rotatable bonds is 14. The minimum atomic E-state index is -0.764. The third kappa shape index (κ3) is 10.3. The third-order valence-corrected chi connectivity index (χ3v) is 6.52. The van der Waals surface area contributed by atoms with Crippen molar-refractivity contribution in [3.8, 4) is 11.1 Å². The van der Waals surface area contributed by atoms with E-state index < -0.39 is 11.5 Å². The van der Waals surface area contributed by atoms with Crippen LogP contribution >= 0.6 is 0 Å².